The largest absolute Gasteiger partial charge is 0.369 e. The molecule has 1 aromatic rings. The van der Waals surface area contributed by atoms with E-state index in [0.717, 1.165) is 5.01 Å². The predicted octanol–water partition coefficient (Wildman–Crippen LogP) is 0.833. The normalized spacial score (nSPS) is 23.2. The molecule has 4 N–H and O–H groups in total. The van der Waals surface area contributed by atoms with Crippen molar-refractivity contribution in [1.82, 2.24) is 4.98 Å². The number of aromatic nitrogens is 1. The van der Waals surface area contributed by atoms with Crippen molar-refractivity contribution in [2.24, 2.45) is 16.9 Å². The monoisotopic (exact) mass is 263 g/mol. The maximum absolute atomic E-state index is 11.5. The molecule has 6 heteroatoms. The van der Waals surface area contributed by atoms with E-state index in [9.17, 15) is 9.59 Å². The van der Waals surface area contributed by atoms with Crippen LogP contribution in [0, 0.1) is 5.41 Å². The number of amides is 2. The lowest BCUT2D eigenvalue weighted by Crippen LogP contribution is -2.36. The summed E-state index contributed by atoms with van der Waals surface area (Å²) in [6, 6.07) is 0. The zero-order valence-electron chi connectivity index (χ0n) is 9.84. The van der Waals surface area contributed by atoms with Gasteiger partial charge in [-0.3, -0.25) is 9.59 Å². The van der Waals surface area contributed by atoms with Gasteiger partial charge in [0.1, 0.15) is 5.01 Å². The van der Waals surface area contributed by atoms with Crippen molar-refractivity contribution in [2.75, 3.05) is 0 Å². The van der Waals surface area contributed by atoms with Crippen molar-refractivity contribution in [1.29, 1.82) is 0 Å². The molecule has 1 heterocycles. The number of hydrogen-bond donors (Lipinski definition) is 2. The van der Waals surface area contributed by atoms with Gasteiger partial charge in [0, 0.05) is 22.7 Å². The van der Waals surface area contributed by atoms with Crippen LogP contribution >= 0.6 is 11.3 Å². The molecule has 94 valence electrons. The van der Waals surface area contributed by atoms with E-state index in [1.54, 1.807) is 25.3 Å². The molecule has 0 saturated carbocycles. The minimum Gasteiger partial charge on any atom is -0.369 e. The Kier molecular flexibility index (Phi) is 3.04. The molecule has 2 rings (SSSR count). The molecule has 0 saturated heterocycles. The molecule has 5 nitrogen and oxygen atoms in total. The van der Waals surface area contributed by atoms with Crippen LogP contribution in [0.3, 0.4) is 0 Å². The van der Waals surface area contributed by atoms with Gasteiger partial charge in [0.05, 0.1) is 5.41 Å². The molecule has 0 radical (unpaired) electrons. The number of allylic oxidation sites excluding steroid dienone is 2. The first-order chi connectivity index (χ1) is 8.42. The summed E-state index contributed by atoms with van der Waals surface area (Å²) in [5.74, 6) is -1.02. The lowest BCUT2D eigenvalue weighted by molar-refractivity contribution is -0.124. The summed E-state index contributed by atoms with van der Waals surface area (Å²) >= 11 is 1.43. The third kappa shape index (κ3) is 2.19. The number of nitrogens with zero attached hydrogens (tertiary/aromatic N) is 1. The van der Waals surface area contributed by atoms with Crippen LogP contribution in [0.2, 0.25) is 0 Å². The zero-order chi connectivity index (χ0) is 13.3. The summed E-state index contributed by atoms with van der Waals surface area (Å²) in [6.07, 6.45) is 5.31. The maximum Gasteiger partial charge on any atom is 0.244 e. The number of carbonyl (C=O) groups excluding carboxylic acids is 2. The topological polar surface area (TPSA) is 99.1 Å². The van der Waals surface area contributed by atoms with Crippen LogP contribution < -0.4 is 11.5 Å². The number of thiazole rings is 1. The zero-order valence-corrected chi connectivity index (χ0v) is 10.7. The molecule has 1 aromatic heterocycles. The predicted molar refractivity (Wildman–Crippen MR) is 69.3 cm³/mol. The fourth-order valence-corrected chi connectivity index (χ4v) is 2.50. The Hall–Kier alpha value is -1.95. The minimum atomic E-state index is -0.903. The highest BCUT2D eigenvalue weighted by Gasteiger charge is 2.34. The molecular weight excluding hydrogens is 250 g/mol. The summed E-state index contributed by atoms with van der Waals surface area (Å²) in [4.78, 5) is 27.0. The highest BCUT2D eigenvalue weighted by molar-refractivity contribution is 7.10. The van der Waals surface area contributed by atoms with Gasteiger partial charge in [-0.05, 0) is 19.4 Å². The minimum absolute atomic E-state index is 0.229. The van der Waals surface area contributed by atoms with E-state index in [0.29, 0.717) is 11.1 Å². The van der Waals surface area contributed by atoms with Gasteiger partial charge in [-0.25, -0.2) is 4.98 Å². The molecule has 0 aromatic carbocycles. The Morgan fingerprint density at radius 2 is 2.17 bits per heavy atom. The van der Waals surface area contributed by atoms with E-state index >= 15 is 0 Å². The fourth-order valence-electron chi connectivity index (χ4n) is 1.88. The molecule has 2 amide bonds. The van der Waals surface area contributed by atoms with Gasteiger partial charge >= 0.3 is 0 Å². The Labute approximate surface area is 108 Å². The summed E-state index contributed by atoms with van der Waals surface area (Å²) in [7, 11) is 0. The van der Waals surface area contributed by atoms with Crippen molar-refractivity contribution >= 4 is 28.7 Å². The van der Waals surface area contributed by atoms with Gasteiger partial charge in [-0.15, -0.1) is 11.3 Å². The van der Waals surface area contributed by atoms with Crippen molar-refractivity contribution < 1.29 is 9.59 Å². The van der Waals surface area contributed by atoms with Crippen LogP contribution in [0.4, 0.5) is 0 Å². The Morgan fingerprint density at radius 3 is 2.67 bits per heavy atom. The standard InChI is InChI=1S/C12H13N3O2S/c1-12(11(14)17)5-7(9(13)16)4-8(6-12)10-15-2-3-18-10/h2-4,6H,5H2,1H3,(H2,13,16)(H2,14,17). The van der Waals surface area contributed by atoms with E-state index in [1.807, 2.05) is 5.38 Å². The van der Waals surface area contributed by atoms with Crippen molar-refractivity contribution in [2.45, 2.75) is 13.3 Å². The van der Waals surface area contributed by atoms with E-state index in [2.05, 4.69) is 4.98 Å². The Morgan fingerprint density at radius 1 is 1.44 bits per heavy atom. The molecule has 0 spiro atoms. The van der Waals surface area contributed by atoms with Crippen LogP contribution in [-0.4, -0.2) is 16.8 Å². The molecule has 1 aliphatic carbocycles. The number of nitrogens with two attached hydrogens (primary N) is 2. The first kappa shape index (κ1) is 12.5. The highest BCUT2D eigenvalue weighted by Crippen LogP contribution is 2.37. The average molecular weight is 263 g/mol. The van der Waals surface area contributed by atoms with E-state index in [4.69, 9.17) is 11.5 Å². The summed E-state index contributed by atoms with van der Waals surface area (Å²) < 4.78 is 0. The van der Waals surface area contributed by atoms with Crippen molar-refractivity contribution in [3.05, 3.63) is 34.3 Å². The molecule has 0 bridgehead atoms. The van der Waals surface area contributed by atoms with Crippen molar-refractivity contribution in [3.63, 3.8) is 0 Å². The third-order valence-electron chi connectivity index (χ3n) is 2.92. The second kappa shape index (κ2) is 4.38. The number of primary amides is 2. The molecule has 1 aliphatic rings. The van der Waals surface area contributed by atoms with Gasteiger partial charge in [0.2, 0.25) is 11.8 Å². The Bertz CT molecular complexity index is 560. The van der Waals surface area contributed by atoms with Gasteiger partial charge < -0.3 is 11.5 Å². The van der Waals surface area contributed by atoms with Crippen LogP contribution in [0.5, 0.6) is 0 Å². The molecule has 1 atom stereocenters. The summed E-state index contributed by atoms with van der Waals surface area (Å²) in [5, 5.41) is 2.56. The van der Waals surface area contributed by atoms with Gasteiger partial charge in [0.25, 0.3) is 0 Å². The summed E-state index contributed by atoms with van der Waals surface area (Å²) in [6.45, 7) is 1.69. The lowest BCUT2D eigenvalue weighted by atomic mass is 9.77. The number of carbonyl (C=O) groups is 2. The quantitative estimate of drug-likeness (QED) is 0.845. The number of hydrogen-bond acceptors (Lipinski definition) is 4. The third-order valence-corrected chi connectivity index (χ3v) is 3.74. The first-order valence-corrected chi connectivity index (χ1v) is 6.23. The maximum atomic E-state index is 11.5. The van der Waals surface area contributed by atoms with Crippen LogP contribution in [0.15, 0.2) is 29.3 Å². The van der Waals surface area contributed by atoms with E-state index < -0.39 is 17.2 Å². The van der Waals surface area contributed by atoms with Crippen LogP contribution in [0.1, 0.15) is 18.4 Å². The second-order valence-corrected chi connectivity index (χ2v) is 5.32. The van der Waals surface area contributed by atoms with Gasteiger partial charge in [-0.2, -0.15) is 0 Å². The number of rotatable bonds is 3. The molecular formula is C12H13N3O2S. The SMILES string of the molecule is CC1(C(N)=O)C=C(c2nccs2)C=C(C(N)=O)C1. The highest BCUT2D eigenvalue weighted by atomic mass is 32.1. The molecule has 0 fully saturated rings. The van der Waals surface area contributed by atoms with Gasteiger partial charge in [0.15, 0.2) is 0 Å². The van der Waals surface area contributed by atoms with Crippen LogP contribution in [0.25, 0.3) is 5.57 Å². The molecule has 18 heavy (non-hydrogen) atoms. The molecule has 1 unspecified atom stereocenters. The summed E-state index contributed by atoms with van der Waals surface area (Å²) in [5.41, 5.74) is 10.9. The van der Waals surface area contributed by atoms with Gasteiger partial charge in [-0.1, -0.05) is 6.08 Å². The average Bonchev–Trinajstić information content (AvgIpc) is 2.81. The van der Waals surface area contributed by atoms with E-state index in [1.165, 1.54) is 11.3 Å². The smallest absolute Gasteiger partial charge is 0.244 e. The Balaban J connectivity index is 2.51. The van der Waals surface area contributed by atoms with Crippen molar-refractivity contribution in [3.8, 4) is 0 Å². The van der Waals surface area contributed by atoms with Crippen LogP contribution in [-0.2, 0) is 9.59 Å². The molecule has 0 aliphatic heterocycles. The fraction of sp³-hybridized carbons (Fsp3) is 0.250. The lowest BCUT2D eigenvalue weighted by Gasteiger charge is -2.27. The second-order valence-electron chi connectivity index (χ2n) is 4.43. The first-order valence-electron chi connectivity index (χ1n) is 5.35. The van der Waals surface area contributed by atoms with E-state index in [-0.39, 0.29) is 6.42 Å².